The Morgan fingerprint density at radius 1 is 0.538 bits per heavy atom. The molecule has 258 valence electrons. The lowest BCUT2D eigenvalue weighted by atomic mass is 10.1. The molecular formula is C46H43N3O2P+. The van der Waals surface area contributed by atoms with Crippen LogP contribution in [0.2, 0.25) is 0 Å². The van der Waals surface area contributed by atoms with Crippen molar-refractivity contribution in [2.24, 2.45) is 4.74 Å². The van der Waals surface area contributed by atoms with E-state index in [4.69, 9.17) is 18.9 Å². The van der Waals surface area contributed by atoms with Crippen LogP contribution in [0.3, 0.4) is 0 Å². The Kier molecular flexibility index (Phi) is 11.8. The van der Waals surface area contributed by atoms with Crippen molar-refractivity contribution in [3.05, 3.63) is 205 Å². The summed E-state index contributed by atoms with van der Waals surface area (Å²) in [6.45, 7) is 0. The van der Waals surface area contributed by atoms with Crippen LogP contribution in [0, 0.1) is 0 Å². The topological polar surface area (TPSA) is 48.2 Å². The van der Waals surface area contributed by atoms with Crippen LogP contribution < -0.4 is 30.1 Å². The summed E-state index contributed by atoms with van der Waals surface area (Å²) >= 11 is 0. The monoisotopic (exact) mass is 700 g/mol. The van der Waals surface area contributed by atoms with Crippen molar-refractivity contribution in [3.63, 3.8) is 0 Å². The Morgan fingerprint density at radius 3 is 1.38 bits per heavy atom. The second-order valence-corrected chi connectivity index (χ2v) is 15.2. The van der Waals surface area contributed by atoms with Crippen LogP contribution in [0.1, 0.15) is 16.7 Å². The molecule has 6 aromatic carbocycles. The molecular weight excluding hydrogens is 657 g/mol. The van der Waals surface area contributed by atoms with E-state index in [1.807, 2.05) is 73.6 Å². The van der Waals surface area contributed by atoms with Gasteiger partial charge in [0.1, 0.15) is 11.5 Å². The van der Waals surface area contributed by atoms with Gasteiger partial charge in [-0.15, -0.1) is 0 Å². The van der Waals surface area contributed by atoms with Crippen molar-refractivity contribution in [2.75, 3.05) is 28.3 Å². The van der Waals surface area contributed by atoms with E-state index in [-0.39, 0.29) is 0 Å². The summed E-state index contributed by atoms with van der Waals surface area (Å²) in [6.07, 6.45) is 6.21. The van der Waals surface area contributed by atoms with Crippen LogP contribution in [0.5, 0.6) is 11.5 Å². The molecule has 0 amide bonds. The van der Waals surface area contributed by atoms with Crippen molar-refractivity contribution in [1.29, 1.82) is 0 Å². The van der Waals surface area contributed by atoms with Gasteiger partial charge in [-0.1, -0.05) is 115 Å². The maximum atomic E-state index is 5.88. The van der Waals surface area contributed by atoms with Crippen molar-refractivity contribution < 1.29 is 9.47 Å². The minimum absolute atomic E-state index is 0.787. The molecule has 0 aliphatic heterocycles. The molecule has 0 aliphatic carbocycles. The summed E-state index contributed by atoms with van der Waals surface area (Å²) in [4.78, 5) is 2.04. The van der Waals surface area contributed by atoms with Crippen LogP contribution in [0.15, 0.2) is 193 Å². The average Bonchev–Trinajstić information content (AvgIpc) is 3.21. The van der Waals surface area contributed by atoms with Gasteiger partial charge < -0.3 is 9.47 Å². The van der Waals surface area contributed by atoms with E-state index in [2.05, 4.69) is 133 Å². The van der Waals surface area contributed by atoms with Crippen LogP contribution in [0.4, 0.5) is 0 Å². The number of nitrogens with zero attached hydrogens (tertiary/aromatic N) is 3. The van der Waals surface area contributed by atoms with E-state index in [0.717, 1.165) is 45.4 Å². The van der Waals surface area contributed by atoms with Crippen molar-refractivity contribution >= 4 is 40.2 Å². The highest BCUT2D eigenvalue weighted by atomic mass is 31.2. The number of amidine groups is 1. The predicted molar refractivity (Wildman–Crippen MR) is 221 cm³/mol. The quantitative estimate of drug-likeness (QED) is 0.0449. The van der Waals surface area contributed by atoms with Crippen LogP contribution in [0.25, 0.3) is 5.70 Å². The number of rotatable bonds is 11. The Balaban J connectivity index is 1.64. The lowest BCUT2D eigenvalue weighted by molar-refractivity contribution is 0.414. The van der Waals surface area contributed by atoms with Gasteiger partial charge in [0, 0.05) is 33.1 Å². The van der Waals surface area contributed by atoms with E-state index in [1.165, 1.54) is 15.9 Å². The van der Waals surface area contributed by atoms with Gasteiger partial charge in [-0.05, 0) is 66.7 Å². The normalized spacial score (nSPS) is 11.4. The van der Waals surface area contributed by atoms with Gasteiger partial charge in [0.05, 0.1) is 46.6 Å². The summed E-state index contributed by atoms with van der Waals surface area (Å²) < 4.78 is 22.1. The highest BCUT2D eigenvalue weighted by Crippen LogP contribution is 2.49. The molecule has 6 heteroatoms. The van der Waals surface area contributed by atoms with E-state index < -0.39 is 7.05 Å². The molecule has 0 saturated heterocycles. The molecule has 5 nitrogen and oxygen atoms in total. The molecule has 0 unspecified atom stereocenters. The number of methoxy groups -OCH3 is 2. The van der Waals surface area contributed by atoms with Gasteiger partial charge in [0.15, 0.2) is 0 Å². The zero-order valence-corrected chi connectivity index (χ0v) is 30.9. The number of hydrogen-bond acceptors (Lipinski definition) is 3. The Bertz CT molecular complexity index is 2140. The van der Waals surface area contributed by atoms with E-state index in [0.29, 0.717) is 0 Å². The summed E-state index contributed by atoms with van der Waals surface area (Å²) in [6, 6.07) is 58.4. The fourth-order valence-corrected chi connectivity index (χ4v) is 9.53. The van der Waals surface area contributed by atoms with Crippen molar-refractivity contribution in [3.8, 4) is 11.5 Å². The van der Waals surface area contributed by atoms with Crippen molar-refractivity contribution in [2.45, 2.75) is 0 Å². The molecule has 0 fully saturated rings. The lowest BCUT2D eigenvalue weighted by Crippen LogP contribution is -2.26. The highest BCUT2D eigenvalue weighted by molar-refractivity contribution is 7.87. The van der Waals surface area contributed by atoms with Crippen molar-refractivity contribution in [1.82, 2.24) is 9.57 Å². The molecule has 0 N–H and O–H groups in total. The second-order valence-electron chi connectivity index (χ2n) is 12.2. The van der Waals surface area contributed by atoms with Crippen LogP contribution >= 0.6 is 7.05 Å². The molecule has 52 heavy (non-hydrogen) atoms. The van der Waals surface area contributed by atoms with E-state index in [9.17, 15) is 0 Å². The first-order chi connectivity index (χ1) is 25.5. The molecule has 0 radical (unpaired) electrons. The zero-order valence-electron chi connectivity index (χ0n) is 30.0. The van der Waals surface area contributed by atoms with Gasteiger partial charge in [-0.3, -0.25) is 9.64 Å². The van der Waals surface area contributed by atoms with Gasteiger partial charge in [0.25, 0.3) is 0 Å². The number of allylic oxidation sites excluding steroid dienone is 3. The predicted octanol–water partition coefficient (Wildman–Crippen LogP) is 8.34. The second kappa shape index (κ2) is 17.2. The molecule has 0 aliphatic rings. The largest absolute Gasteiger partial charge is 0.497 e. The molecule has 0 saturated carbocycles. The van der Waals surface area contributed by atoms with Gasteiger partial charge in [-0.25, -0.2) is 4.67 Å². The first kappa shape index (κ1) is 35.7. The summed E-state index contributed by atoms with van der Waals surface area (Å²) in [5.74, 6) is 2.42. The number of ether oxygens (including phenoxy) is 2. The maximum absolute atomic E-state index is 5.88. The third kappa shape index (κ3) is 8.25. The summed E-state index contributed by atoms with van der Waals surface area (Å²) in [7, 11) is 4.83. The lowest BCUT2D eigenvalue weighted by Gasteiger charge is -2.27. The van der Waals surface area contributed by atoms with Crippen LogP contribution in [-0.2, 0) is 0 Å². The third-order valence-corrected chi connectivity index (χ3v) is 12.3. The fourth-order valence-electron chi connectivity index (χ4n) is 5.98. The minimum atomic E-state index is -2.56. The molecule has 0 atom stereocenters. The van der Waals surface area contributed by atoms with Gasteiger partial charge in [-0.2, -0.15) is 0 Å². The zero-order chi connectivity index (χ0) is 36.2. The van der Waals surface area contributed by atoms with E-state index >= 15 is 0 Å². The third-order valence-electron chi connectivity index (χ3n) is 8.61. The first-order valence-electron chi connectivity index (χ1n) is 17.2. The fraction of sp³-hybridized carbons (Fsp3) is 0.0870. The molecule has 0 aromatic heterocycles. The minimum Gasteiger partial charge on any atom is -0.497 e. The standard InChI is InChI=1S/C46H43N3O2P/c1-49(2)46(38-18-9-5-10-19-38)47-44(36-28-32-39(50-3)33-29-36)26-17-27-45(37-30-34-40(51-4)35-31-37)48-52(41-20-11-6-12-21-41,42-22-13-7-14-23-42)43-24-15-8-16-25-43/h5-35H,1-4H3/q+1/b26-17+,45-27-. The maximum Gasteiger partial charge on any atom is 0.377 e. The SMILES string of the molecule is COc1ccc(C(/C=C/C=C(\N=P(c2ccccc2)(c2ccccc2)c2ccccc2)c2ccc(OC)cc2)=[N+]=C(c2ccccc2)N(C)C)cc1. The number of benzene rings is 6. The Hall–Kier alpha value is -6.12. The Morgan fingerprint density at radius 2 is 0.962 bits per heavy atom. The molecule has 0 spiro atoms. The summed E-state index contributed by atoms with van der Waals surface area (Å²) in [5.41, 5.74) is 4.61. The van der Waals surface area contributed by atoms with Crippen LogP contribution in [-0.4, -0.2) is 44.8 Å². The van der Waals surface area contributed by atoms with Gasteiger partial charge in [0.2, 0.25) is 5.71 Å². The number of hydrogen-bond donors (Lipinski definition) is 0. The first-order valence-corrected chi connectivity index (χ1v) is 18.9. The smallest absolute Gasteiger partial charge is 0.377 e. The highest BCUT2D eigenvalue weighted by Gasteiger charge is 2.28. The molecule has 6 rings (SSSR count). The van der Waals surface area contributed by atoms with E-state index in [1.54, 1.807) is 14.2 Å². The molecule has 6 aromatic rings. The van der Waals surface area contributed by atoms with Gasteiger partial charge >= 0.3 is 5.84 Å². The average molecular weight is 701 g/mol. The molecule has 0 heterocycles. The molecule has 0 bridgehead atoms. The Labute approximate surface area is 307 Å². The summed E-state index contributed by atoms with van der Waals surface area (Å²) in [5, 5.41) is 3.51.